The number of phenolic OH excluding ortho intramolecular Hbond substituents is 1. The number of aromatic nitrogens is 1. The lowest BCUT2D eigenvalue weighted by molar-refractivity contribution is -0.151. The molecule has 1 aromatic carbocycles. The molecule has 1 unspecified atom stereocenters. The summed E-state index contributed by atoms with van der Waals surface area (Å²) in [5.74, 6) is -0.965. The molecule has 0 radical (unpaired) electrons. The van der Waals surface area contributed by atoms with Crippen LogP contribution in [0.25, 0.3) is 0 Å². The highest BCUT2D eigenvalue weighted by atomic mass is 32.2. The van der Waals surface area contributed by atoms with Crippen LogP contribution in [0, 0.1) is 5.92 Å². The van der Waals surface area contributed by atoms with E-state index in [1.54, 1.807) is 59.1 Å². The van der Waals surface area contributed by atoms with Gasteiger partial charge < -0.3 is 5.11 Å². The Hall–Kier alpha value is -2.49. The van der Waals surface area contributed by atoms with Crippen LogP contribution in [-0.4, -0.2) is 40.4 Å². The largest absolute Gasteiger partial charge is 0.508 e. The number of amides is 1. The summed E-state index contributed by atoms with van der Waals surface area (Å²) < 4.78 is 28.1. The van der Waals surface area contributed by atoms with Gasteiger partial charge in [0, 0.05) is 18.9 Å². The molecule has 1 aromatic heterocycles. The molecule has 1 amide bonds. The lowest BCUT2D eigenvalue weighted by atomic mass is 10.0. The molecule has 1 atom stereocenters. The number of carbonyl (C=O) groups excluding carboxylic acids is 1. The minimum atomic E-state index is -4.08. The van der Waals surface area contributed by atoms with Crippen molar-refractivity contribution in [1.82, 2.24) is 14.8 Å². The van der Waals surface area contributed by atoms with Crippen LogP contribution >= 0.6 is 0 Å². The van der Waals surface area contributed by atoms with Crippen LogP contribution in [0.15, 0.2) is 53.7 Å². The first-order valence-corrected chi connectivity index (χ1v) is 11.0. The van der Waals surface area contributed by atoms with Crippen LogP contribution in [0.5, 0.6) is 5.75 Å². The van der Waals surface area contributed by atoms with E-state index in [4.69, 9.17) is 4.84 Å². The van der Waals surface area contributed by atoms with Crippen molar-refractivity contribution in [3.63, 3.8) is 0 Å². The Morgan fingerprint density at radius 2 is 1.83 bits per heavy atom. The van der Waals surface area contributed by atoms with Crippen molar-refractivity contribution in [2.24, 2.45) is 5.92 Å². The first kappa shape index (κ1) is 23.8. The Kier molecular flexibility index (Phi) is 7.57. The van der Waals surface area contributed by atoms with Crippen LogP contribution in [0.1, 0.15) is 40.2 Å². The average molecular weight is 436 g/mol. The van der Waals surface area contributed by atoms with E-state index in [0.29, 0.717) is 5.56 Å². The van der Waals surface area contributed by atoms with Crippen LogP contribution < -0.4 is 5.48 Å². The van der Waals surface area contributed by atoms with Crippen molar-refractivity contribution in [2.45, 2.75) is 57.7 Å². The third kappa shape index (κ3) is 6.25. The zero-order chi connectivity index (χ0) is 22.5. The maximum atomic E-state index is 13.5. The molecule has 0 aliphatic heterocycles. The predicted octanol–water partition coefficient (Wildman–Crippen LogP) is 2.85. The number of pyridine rings is 1. The second-order valence-electron chi connectivity index (χ2n) is 8.28. The quantitative estimate of drug-likeness (QED) is 0.617. The SMILES string of the molecule is CC(C)C(C(=O)NOC(C)(C)C)N(Cc1cccnc1)S(=O)(=O)c1ccc(O)cc1. The topological polar surface area (TPSA) is 109 Å². The number of hydrogen-bond donors (Lipinski definition) is 2. The van der Waals surface area contributed by atoms with Crippen LogP contribution in [-0.2, 0) is 26.2 Å². The molecule has 2 N–H and O–H groups in total. The number of sulfonamides is 1. The van der Waals surface area contributed by atoms with Gasteiger partial charge in [0.05, 0.1) is 10.5 Å². The lowest BCUT2D eigenvalue weighted by Crippen LogP contribution is -2.52. The van der Waals surface area contributed by atoms with E-state index in [9.17, 15) is 18.3 Å². The molecule has 2 rings (SSSR count). The lowest BCUT2D eigenvalue weighted by Gasteiger charge is -2.33. The molecule has 2 aromatic rings. The molecule has 9 heteroatoms. The molecule has 8 nitrogen and oxygen atoms in total. The van der Waals surface area contributed by atoms with Gasteiger partial charge in [-0.2, -0.15) is 4.31 Å². The standard InChI is InChI=1S/C21H29N3O5S/c1-15(2)19(20(26)23-29-21(3,4)5)24(14-16-7-6-12-22-13-16)30(27,28)18-10-8-17(25)9-11-18/h6-13,15,19,25H,14H2,1-5H3,(H,23,26). The summed E-state index contributed by atoms with van der Waals surface area (Å²) >= 11 is 0. The predicted molar refractivity (Wildman–Crippen MR) is 113 cm³/mol. The number of hydroxylamine groups is 1. The van der Waals surface area contributed by atoms with Gasteiger partial charge in [-0.15, -0.1) is 0 Å². The van der Waals surface area contributed by atoms with E-state index >= 15 is 0 Å². The highest BCUT2D eigenvalue weighted by molar-refractivity contribution is 7.89. The highest BCUT2D eigenvalue weighted by Crippen LogP contribution is 2.26. The van der Waals surface area contributed by atoms with Crippen LogP contribution in [0.4, 0.5) is 0 Å². The maximum Gasteiger partial charge on any atom is 0.262 e. The average Bonchev–Trinajstić information content (AvgIpc) is 2.66. The summed E-state index contributed by atoms with van der Waals surface area (Å²) in [5.41, 5.74) is 2.40. The molecular formula is C21H29N3O5S. The third-order valence-corrected chi connectivity index (χ3v) is 6.01. The van der Waals surface area contributed by atoms with Crippen LogP contribution in [0.2, 0.25) is 0 Å². The van der Waals surface area contributed by atoms with Gasteiger partial charge in [-0.25, -0.2) is 13.9 Å². The molecule has 164 valence electrons. The van der Waals surface area contributed by atoms with Gasteiger partial charge in [-0.3, -0.25) is 14.6 Å². The van der Waals surface area contributed by atoms with Gasteiger partial charge in [0.15, 0.2) is 0 Å². The van der Waals surface area contributed by atoms with Gasteiger partial charge in [-0.1, -0.05) is 19.9 Å². The fraction of sp³-hybridized carbons (Fsp3) is 0.429. The zero-order valence-corrected chi connectivity index (χ0v) is 18.7. The summed E-state index contributed by atoms with van der Waals surface area (Å²) in [7, 11) is -4.08. The summed E-state index contributed by atoms with van der Waals surface area (Å²) in [6.07, 6.45) is 3.15. The molecule has 0 fully saturated rings. The molecule has 30 heavy (non-hydrogen) atoms. The number of benzene rings is 1. The van der Waals surface area contributed by atoms with Gasteiger partial charge in [0.1, 0.15) is 11.8 Å². The molecule has 1 heterocycles. The van der Waals surface area contributed by atoms with Crippen molar-refractivity contribution in [3.8, 4) is 5.75 Å². The van der Waals surface area contributed by atoms with Crippen molar-refractivity contribution < 1.29 is 23.2 Å². The molecule has 0 saturated heterocycles. The number of carbonyl (C=O) groups is 1. The fourth-order valence-corrected chi connectivity index (χ4v) is 4.50. The zero-order valence-electron chi connectivity index (χ0n) is 17.9. The minimum Gasteiger partial charge on any atom is -0.508 e. The fourth-order valence-electron chi connectivity index (χ4n) is 2.79. The Bertz CT molecular complexity index is 939. The molecular weight excluding hydrogens is 406 g/mol. The number of rotatable bonds is 8. The second kappa shape index (κ2) is 9.55. The number of hydrogen-bond acceptors (Lipinski definition) is 6. The molecule has 0 bridgehead atoms. The van der Waals surface area contributed by atoms with E-state index in [1.165, 1.54) is 24.3 Å². The first-order chi connectivity index (χ1) is 13.9. The Morgan fingerprint density at radius 3 is 2.33 bits per heavy atom. The monoisotopic (exact) mass is 435 g/mol. The van der Waals surface area contributed by atoms with Gasteiger partial charge in [0.2, 0.25) is 10.0 Å². The molecule has 0 aliphatic rings. The smallest absolute Gasteiger partial charge is 0.262 e. The van der Waals surface area contributed by atoms with Gasteiger partial charge in [-0.05, 0) is 62.6 Å². The van der Waals surface area contributed by atoms with Crippen LogP contribution in [0.3, 0.4) is 0 Å². The van der Waals surface area contributed by atoms with Crippen molar-refractivity contribution in [3.05, 3.63) is 54.4 Å². The molecule has 0 aliphatic carbocycles. The van der Waals surface area contributed by atoms with Crippen molar-refractivity contribution >= 4 is 15.9 Å². The number of nitrogens with one attached hydrogen (secondary N) is 1. The Morgan fingerprint density at radius 1 is 1.20 bits per heavy atom. The Balaban J connectivity index is 2.49. The second-order valence-corrected chi connectivity index (χ2v) is 10.2. The normalized spacial score (nSPS) is 13.4. The Labute approximate surface area is 177 Å². The van der Waals surface area contributed by atoms with Gasteiger partial charge in [0.25, 0.3) is 5.91 Å². The first-order valence-electron chi connectivity index (χ1n) is 9.59. The number of aromatic hydroxyl groups is 1. The number of nitrogens with zero attached hydrogens (tertiary/aromatic N) is 2. The molecule has 0 spiro atoms. The van der Waals surface area contributed by atoms with E-state index in [-0.39, 0.29) is 23.1 Å². The van der Waals surface area contributed by atoms with E-state index < -0.39 is 27.6 Å². The maximum absolute atomic E-state index is 13.5. The summed E-state index contributed by atoms with van der Waals surface area (Å²) in [6.45, 7) is 8.81. The van der Waals surface area contributed by atoms with E-state index in [1.807, 2.05) is 0 Å². The summed E-state index contributed by atoms with van der Waals surface area (Å²) in [6, 6.07) is 7.61. The van der Waals surface area contributed by atoms with Crippen molar-refractivity contribution in [2.75, 3.05) is 0 Å². The third-order valence-electron chi connectivity index (χ3n) is 4.17. The summed E-state index contributed by atoms with van der Waals surface area (Å²) in [4.78, 5) is 22.4. The highest BCUT2D eigenvalue weighted by Gasteiger charge is 2.38. The number of phenols is 1. The molecule has 0 saturated carbocycles. The van der Waals surface area contributed by atoms with E-state index in [2.05, 4.69) is 10.5 Å². The summed E-state index contributed by atoms with van der Waals surface area (Å²) in [5, 5.41) is 9.53. The minimum absolute atomic E-state index is 0.0284. The van der Waals surface area contributed by atoms with E-state index in [0.717, 1.165) is 4.31 Å². The van der Waals surface area contributed by atoms with Crippen molar-refractivity contribution in [1.29, 1.82) is 0 Å². The van der Waals surface area contributed by atoms with Gasteiger partial charge >= 0.3 is 0 Å².